The molecule has 1 rings (SSSR count). The summed E-state index contributed by atoms with van der Waals surface area (Å²) in [5.74, 6) is 0. The molecule has 1 fully saturated rings. The minimum Gasteiger partial charge on any atom is -0.394 e. The van der Waals surface area contributed by atoms with Gasteiger partial charge in [0.05, 0.1) is 18.8 Å². The number of rotatable bonds is 1. The van der Waals surface area contributed by atoms with Gasteiger partial charge in [-0.25, -0.2) is 0 Å². The van der Waals surface area contributed by atoms with Gasteiger partial charge in [-0.05, 0) is 6.42 Å². The first-order valence-corrected chi connectivity index (χ1v) is 3.60. The van der Waals surface area contributed by atoms with Crippen LogP contribution in [0.2, 0.25) is 0 Å². The van der Waals surface area contributed by atoms with Crippen molar-refractivity contribution in [1.29, 1.82) is 0 Å². The van der Waals surface area contributed by atoms with Crippen molar-refractivity contribution in [2.24, 2.45) is 11.5 Å². The molecule has 0 aromatic carbocycles. The van der Waals surface area contributed by atoms with Gasteiger partial charge in [0, 0.05) is 6.04 Å². The molecule has 5 heteroatoms. The molecule has 0 aromatic heterocycles. The van der Waals surface area contributed by atoms with E-state index in [9.17, 15) is 0 Å². The highest BCUT2D eigenvalue weighted by atomic mass is 16.6. The molecule has 4 atom stereocenters. The number of nitrogens with two attached hydrogens (primary N) is 2. The predicted octanol–water partition coefficient (Wildman–Crippen LogP) is -2.26. The van der Waals surface area contributed by atoms with E-state index in [1.165, 1.54) is 0 Å². The van der Waals surface area contributed by atoms with Crippen molar-refractivity contribution in [2.75, 3.05) is 6.61 Å². The van der Waals surface area contributed by atoms with E-state index in [0.29, 0.717) is 6.42 Å². The summed E-state index contributed by atoms with van der Waals surface area (Å²) in [4.78, 5) is 0. The fourth-order valence-corrected chi connectivity index (χ4v) is 1.14. The van der Waals surface area contributed by atoms with Crippen LogP contribution in [0.5, 0.6) is 0 Å². The molecule has 1 saturated heterocycles. The molecule has 0 radical (unpaired) electrons. The molecule has 1 heterocycles. The van der Waals surface area contributed by atoms with E-state index in [2.05, 4.69) is 0 Å². The van der Waals surface area contributed by atoms with Crippen LogP contribution in [0.4, 0.5) is 0 Å². The first kappa shape index (κ1) is 8.89. The normalized spacial score (nSPS) is 45.8. The molecule has 1 aliphatic rings. The highest BCUT2D eigenvalue weighted by Gasteiger charge is 2.32. The molecule has 4 unspecified atom stereocenters. The molecule has 0 aliphatic carbocycles. The maximum absolute atomic E-state index is 9.08. The lowest BCUT2D eigenvalue weighted by atomic mass is 10.00. The zero-order valence-electron chi connectivity index (χ0n) is 6.18. The van der Waals surface area contributed by atoms with Gasteiger partial charge in [-0.3, -0.25) is 0 Å². The third-order valence-corrected chi connectivity index (χ3v) is 1.88. The first-order chi connectivity index (χ1) is 5.15. The topological polar surface area (TPSA) is 102 Å². The Hall–Kier alpha value is -0.200. The van der Waals surface area contributed by atoms with Gasteiger partial charge in [0.15, 0.2) is 6.29 Å². The predicted molar refractivity (Wildman–Crippen MR) is 38.5 cm³/mol. The first-order valence-electron chi connectivity index (χ1n) is 3.60. The summed E-state index contributed by atoms with van der Waals surface area (Å²) in [6, 6.07) is -0.716. The fraction of sp³-hybridized carbons (Fsp3) is 1.00. The molecule has 11 heavy (non-hydrogen) atoms. The second-order valence-electron chi connectivity index (χ2n) is 2.81. The SMILES string of the molecule is NC1CC(N)C(CO)OC1O. The van der Waals surface area contributed by atoms with Crippen LogP contribution in [-0.4, -0.2) is 41.3 Å². The average molecular weight is 162 g/mol. The summed E-state index contributed by atoms with van der Waals surface area (Å²) in [5.41, 5.74) is 11.0. The van der Waals surface area contributed by atoms with Crippen LogP contribution < -0.4 is 11.5 Å². The van der Waals surface area contributed by atoms with Gasteiger partial charge in [0.2, 0.25) is 0 Å². The van der Waals surface area contributed by atoms with Gasteiger partial charge in [-0.1, -0.05) is 0 Å². The van der Waals surface area contributed by atoms with Gasteiger partial charge in [0.1, 0.15) is 0 Å². The minimum atomic E-state index is -0.994. The van der Waals surface area contributed by atoms with Gasteiger partial charge in [-0.15, -0.1) is 0 Å². The molecule has 6 N–H and O–H groups in total. The highest BCUT2D eigenvalue weighted by Crippen LogP contribution is 2.15. The minimum absolute atomic E-state index is 0.176. The lowest BCUT2D eigenvalue weighted by molar-refractivity contribution is -0.187. The maximum Gasteiger partial charge on any atom is 0.170 e. The van der Waals surface area contributed by atoms with Crippen molar-refractivity contribution < 1.29 is 14.9 Å². The standard InChI is InChI=1S/C6H14N2O3/c7-3-1-4(8)6(10)11-5(3)2-9/h3-6,9-10H,1-2,7-8H2. The highest BCUT2D eigenvalue weighted by molar-refractivity contribution is 4.84. The van der Waals surface area contributed by atoms with Gasteiger partial charge >= 0.3 is 0 Å². The zero-order valence-corrected chi connectivity index (χ0v) is 6.18. The van der Waals surface area contributed by atoms with Crippen molar-refractivity contribution in [2.45, 2.75) is 30.9 Å². The lowest BCUT2D eigenvalue weighted by Gasteiger charge is -2.34. The maximum atomic E-state index is 9.08. The molecule has 0 spiro atoms. The third-order valence-electron chi connectivity index (χ3n) is 1.88. The molecule has 66 valence electrons. The summed E-state index contributed by atoms with van der Waals surface area (Å²) in [7, 11) is 0. The van der Waals surface area contributed by atoms with E-state index < -0.39 is 18.4 Å². The Labute approximate surface area is 64.9 Å². The van der Waals surface area contributed by atoms with Crippen molar-refractivity contribution in [3.8, 4) is 0 Å². The van der Waals surface area contributed by atoms with Crippen molar-refractivity contribution in [3.05, 3.63) is 0 Å². The Balaban J connectivity index is 2.48. The van der Waals surface area contributed by atoms with E-state index in [1.807, 2.05) is 0 Å². The Bertz CT molecular complexity index is 133. The third kappa shape index (κ3) is 1.88. The van der Waals surface area contributed by atoms with Gasteiger partial charge in [-0.2, -0.15) is 0 Å². The number of hydrogen-bond acceptors (Lipinski definition) is 5. The smallest absolute Gasteiger partial charge is 0.170 e. The quantitative estimate of drug-likeness (QED) is 0.348. The Morgan fingerprint density at radius 3 is 2.55 bits per heavy atom. The summed E-state index contributed by atoms with van der Waals surface area (Å²) in [5, 5.41) is 17.8. The monoisotopic (exact) mass is 162 g/mol. The number of hydrogen-bond donors (Lipinski definition) is 4. The molecular formula is C6H14N2O3. The van der Waals surface area contributed by atoms with Crippen LogP contribution in [0.15, 0.2) is 0 Å². The molecule has 5 nitrogen and oxygen atoms in total. The Morgan fingerprint density at radius 2 is 2.00 bits per heavy atom. The lowest BCUT2D eigenvalue weighted by Crippen LogP contribution is -2.55. The van der Waals surface area contributed by atoms with Crippen molar-refractivity contribution >= 4 is 0 Å². The van der Waals surface area contributed by atoms with Crippen LogP contribution in [0.1, 0.15) is 6.42 Å². The van der Waals surface area contributed by atoms with E-state index in [0.717, 1.165) is 0 Å². The average Bonchev–Trinajstić information content (AvgIpc) is 1.97. The number of ether oxygens (including phenoxy) is 1. The van der Waals surface area contributed by atoms with Crippen LogP contribution in [-0.2, 0) is 4.74 Å². The Kier molecular flexibility index (Phi) is 2.80. The van der Waals surface area contributed by atoms with Crippen LogP contribution in [0.3, 0.4) is 0 Å². The van der Waals surface area contributed by atoms with Crippen LogP contribution in [0, 0.1) is 0 Å². The van der Waals surface area contributed by atoms with Gasteiger partial charge < -0.3 is 26.4 Å². The van der Waals surface area contributed by atoms with E-state index in [4.69, 9.17) is 26.4 Å². The Morgan fingerprint density at radius 1 is 1.36 bits per heavy atom. The van der Waals surface area contributed by atoms with E-state index in [-0.39, 0.29) is 12.6 Å². The second-order valence-corrected chi connectivity index (χ2v) is 2.81. The summed E-state index contributed by atoms with van der Waals surface area (Å²) in [6.07, 6.45) is -0.997. The van der Waals surface area contributed by atoms with Crippen molar-refractivity contribution in [1.82, 2.24) is 0 Å². The summed E-state index contributed by atoms with van der Waals surface area (Å²) >= 11 is 0. The summed E-state index contributed by atoms with van der Waals surface area (Å²) in [6.45, 7) is -0.176. The molecule has 0 amide bonds. The molecule has 0 aromatic rings. The van der Waals surface area contributed by atoms with Crippen molar-refractivity contribution in [3.63, 3.8) is 0 Å². The van der Waals surface area contributed by atoms with E-state index in [1.54, 1.807) is 0 Å². The van der Waals surface area contributed by atoms with Gasteiger partial charge in [0.25, 0.3) is 0 Å². The largest absolute Gasteiger partial charge is 0.394 e. The second kappa shape index (κ2) is 3.46. The molecular weight excluding hydrogens is 148 g/mol. The zero-order chi connectivity index (χ0) is 8.43. The van der Waals surface area contributed by atoms with E-state index >= 15 is 0 Å². The molecule has 0 saturated carbocycles. The van der Waals surface area contributed by atoms with Crippen LogP contribution in [0.25, 0.3) is 0 Å². The van der Waals surface area contributed by atoms with Crippen LogP contribution >= 0.6 is 0 Å². The number of aliphatic hydroxyl groups excluding tert-OH is 2. The fourth-order valence-electron chi connectivity index (χ4n) is 1.14. The number of aliphatic hydroxyl groups is 2. The molecule has 0 bridgehead atoms. The summed E-state index contributed by atoms with van der Waals surface area (Å²) < 4.78 is 4.92. The molecule has 1 aliphatic heterocycles.